The van der Waals surface area contributed by atoms with Gasteiger partial charge in [-0.1, -0.05) is 6.92 Å². The van der Waals surface area contributed by atoms with E-state index in [2.05, 4.69) is 5.32 Å². The fraction of sp³-hybridized carbons (Fsp3) is 0.417. The van der Waals surface area contributed by atoms with Crippen LogP contribution in [0.4, 0.5) is 18.9 Å². The quantitative estimate of drug-likeness (QED) is 0.848. The van der Waals surface area contributed by atoms with E-state index in [1.54, 1.807) is 0 Å². The smallest absolute Gasteiger partial charge is 0.326 e. The zero-order chi connectivity index (χ0) is 12.6. The van der Waals surface area contributed by atoms with Crippen LogP contribution in [0.25, 0.3) is 0 Å². The minimum Gasteiger partial charge on any atom is -0.326 e. The second-order valence-electron chi connectivity index (χ2n) is 4.38. The van der Waals surface area contributed by atoms with Gasteiger partial charge in [-0.2, -0.15) is 13.2 Å². The van der Waals surface area contributed by atoms with Crippen molar-refractivity contribution in [3.8, 4) is 0 Å². The summed E-state index contributed by atoms with van der Waals surface area (Å²) in [5.74, 6) is 0.277. The van der Waals surface area contributed by atoms with Crippen molar-refractivity contribution >= 4 is 11.6 Å². The molecule has 5 heteroatoms. The Morgan fingerprint density at radius 3 is 2.24 bits per heavy atom. The first-order valence-corrected chi connectivity index (χ1v) is 5.36. The Labute approximate surface area is 96.8 Å². The lowest BCUT2D eigenvalue weighted by Crippen LogP contribution is -2.14. The molecular formula is C12H12F3NO. The van der Waals surface area contributed by atoms with Crippen LogP contribution in [0.15, 0.2) is 24.3 Å². The third-order valence-electron chi connectivity index (χ3n) is 2.93. The predicted octanol–water partition coefficient (Wildman–Crippen LogP) is 3.30. The fourth-order valence-corrected chi connectivity index (χ4v) is 1.66. The number of amides is 1. The van der Waals surface area contributed by atoms with Crippen molar-refractivity contribution in [2.24, 2.45) is 11.8 Å². The van der Waals surface area contributed by atoms with Crippen LogP contribution >= 0.6 is 0 Å². The SMILES string of the molecule is C[C@@H]1C[C@H]1C(=O)Nc1ccc(C(F)(F)F)cc1. The monoisotopic (exact) mass is 243 g/mol. The number of hydrogen-bond acceptors (Lipinski definition) is 1. The predicted molar refractivity (Wildman–Crippen MR) is 57.3 cm³/mol. The molecule has 0 aliphatic heterocycles. The van der Waals surface area contributed by atoms with E-state index in [1.807, 2.05) is 6.92 Å². The largest absolute Gasteiger partial charge is 0.416 e. The first-order chi connectivity index (χ1) is 7.88. The van der Waals surface area contributed by atoms with Gasteiger partial charge in [-0.05, 0) is 36.6 Å². The molecule has 1 aromatic carbocycles. The van der Waals surface area contributed by atoms with E-state index in [-0.39, 0.29) is 11.8 Å². The van der Waals surface area contributed by atoms with Crippen LogP contribution in [-0.2, 0) is 11.0 Å². The van der Waals surface area contributed by atoms with Gasteiger partial charge in [-0.15, -0.1) is 0 Å². The average molecular weight is 243 g/mol. The van der Waals surface area contributed by atoms with Gasteiger partial charge < -0.3 is 5.32 Å². The Kier molecular flexibility index (Phi) is 2.85. The molecule has 0 saturated heterocycles. The van der Waals surface area contributed by atoms with Crippen LogP contribution in [-0.4, -0.2) is 5.91 Å². The van der Waals surface area contributed by atoms with Gasteiger partial charge in [0.1, 0.15) is 0 Å². The maximum Gasteiger partial charge on any atom is 0.416 e. The van der Waals surface area contributed by atoms with Gasteiger partial charge in [0.2, 0.25) is 5.91 Å². The number of halogens is 3. The second-order valence-corrected chi connectivity index (χ2v) is 4.38. The third-order valence-corrected chi connectivity index (χ3v) is 2.93. The molecule has 0 aromatic heterocycles. The second kappa shape index (κ2) is 4.05. The van der Waals surface area contributed by atoms with E-state index in [4.69, 9.17) is 0 Å². The van der Waals surface area contributed by atoms with Gasteiger partial charge >= 0.3 is 6.18 Å². The molecule has 1 fully saturated rings. The van der Waals surface area contributed by atoms with E-state index in [0.29, 0.717) is 11.6 Å². The molecule has 0 radical (unpaired) electrons. The van der Waals surface area contributed by atoms with E-state index < -0.39 is 11.7 Å². The molecule has 1 amide bonds. The van der Waals surface area contributed by atoms with Gasteiger partial charge in [0.15, 0.2) is 0 Å². The lowest BCUT2D eigenvalue weighted by molar-refractivity contribution is -0.137. The zero-order valence-electron chi connectivity index (χ0n) is 9.21. The lowest BCUT2D eigenvalue weighted by atomic mass is 10.2. The molecule has 1 saturated carbocycles. The molecule has 1 aliphatic rings. The number of anilines is 1. The molecule has 1 aliphatic carbocycles. The van der Waals surface area contributed by atoms with E-state index in [9.17, 15) is 18.0 Å². The van der Waals surface area contributed by atoms with Crippen LogP contribution in [0.5, 0.6) is 0 Å². The van der Waals surface area contributed by atoms with Gasteiger partial charge in [0.25, 0.3) is 0 Å². The lowest BCUT2D eigenvalue weighted by Gasteiger charge is -2.08. The summed E-state index contributed by atoms with van der Waals surface area (Å²) in [4.78, 5) is 11.5. The Bertz CT molecular complexity index is 424. The number of alkyl halides is 3. The maximum absolute atomic E-state index is 12.3. The molecule has 1 N–H and O–H groups in total. The Morgan fingerprint density at radius 1 is 1.29 bits per heavy atom. The number of carbonyl (C=O) groups excluding carboxylic acids is 1. The van der Waals surface area contributed by atoms with Gasteiger partial charge in [-0.3, -0.25) is 4.79 Å². The first-order valence-electron chi connectivity index (χ1n) is 5.36. The highest BCUT2D eigenvalue weighted by Crippen LogP contribution is 2.38. The van der Waals surface area contributed by atoms with Crippen molar-refractivity contribution in [2.75, 3.05) is 5.32 Å². The number of carbonyl (C=O) groups is 1. The van der Waals surface area contributed by atoms with E-state index in [1.165, 1.54) is 12.1 Å². The van der Waals surface area contributed by atoms with Crippen molar-refractivity contribution in [2.45, 2.75) is 19.5 Å². The highest BCUT2D eigenvalue weighted by Gasteiger charge is 2.39. The third kappa shape index (κ3) is 2.78. The topological polar surface area (TPSA) is 29.1 Å². The van der Waals surface area contributed by atoms with E-state index >= 15 is 0 Å². The summed E-state index contributed by atoms with van der Waals surface area (Å²) in [6.07, 6.45) is -3.49. The van der Waals surface area contributed by atoms with Crippen molar-refractivity contribution in [1.82, 2.24) is 0 Å². The molecule has 1 aromatic rings. The normalized spacial score (nSPS) is 23.3. The molecule has 17 heavy (non-hydrogen) atoms. The molecule has 0 bridgehead atoms. The minimum absolute atomic E-state index is 0.0114. The van der Waals surface area contributed by atoms with E-state index in [0.717, 1.165) is 18.6 Å². The number of hydrogen-bond donors (Lipinski definition) is 1. The van der Waals surface area contributed by atoms with Crippen LogP contribution in [0.1, 0.15) is 18.9 Å². The first kappa shape index (κ1) is 12.0. The van der Waals surface area contributed by atoms with Crippen molar-refractivity contribution in [1.29, 1.82) is 0 Å². The summed E-state index contributed by atoms with van der Waals surface area (Å²) < 4.78 is 36.9. The molecule has 2 rings (SSSR count). The minimum atomic E-state index is -4.34. The van der Waals surface area contributed by atoms with Crippen LogP contribution in [0.3, 0.4) is 0 Å². The summed E-state index contributed by atoms with van der Waals surface area (Å²) in [6.45, 7) is 1.97. The Morgan fingerprint density at radius 2 is 1.82 bits per heavy atom. The molecule has 92 valence electrons. The molecule has 2 nitrogen and oxygen atoms in total. The van der Waals surface area contributed by atoms with Crippen molar-refractivity contribution < 1.29 is 18.0 Å². The van der Waals surface area contributed by atoms with Gasteiger partial charge in [0.05, 0.1) is 5.56 Å². The van der Waals surface area contributed by atoms with Crippen LogP contribution < -0.4 is 5.32 Å². The summed E-state index contributed by atoms with van der Waals surface area (Å²) in [5, 5.41) is 2.61. The number of nitrogens with one attached hydrogen (secondary N) is 1. The maximum atomic E-state index is 12.3. The fourth-order valence-electron chi connectivity index (χ4n) is 1.66. The molecule has 0 heterocycles. The highest BCUT2D eigenvalue weighted by molar-refractivity contribution is 5.94. The van der Waals surface area contributed by atoms with Crippen molar-refractivity contribution in [3.05, 3.63) is 29.8 Å². The molecule has 2 atom stereocenters. The standard InChI is InChI=1S/C12H12F3NO/c1-7-6-10(7)11(17)16-9-4-2-8(3-5-9)12(13,14)15/h2-5,7,10H,6H2,1H3,(H,16,17)/t7-,10-/m1/s1. The summed E-state index contributed by atoms with van der Waals surface area (Å²) in [6, 6.07) is 4.47. The molecular weight excluding hydrogens is 231 g/mol. The highest BCUT2D eigenvalue weighted by atomic mass is 19.4. The molecule has 0 spiro atoms. The average Bonchev–Trinajstić information content (AvgIpc) is 2.95. The van der Waals surface area contributed by atoms with Crippen molar-refractivity contribution in [3.63, 3.8) is 0 Å². The van der Waals surface area contributed by atoms with Crippen LogP contribution in [0, 0.1) is 11.8 Å². The summed E-state index contributed by atoms with van der Waals surface area (Å²) >= 11 is 0. The number of rotatable bonds is 2. The Hall–Kier alpha value is -1.52. The van der Waals surface area contributed by atoms with Gasteiger partial charge in [0, 0.05) is 11.6 Å². The summed E-state index contributed by atoms with van der Waals surface area (Å²) in [5.41, 5.74) is -0.308. The van der Waals surface area contributed by atoms with Crippen LogP contribution in [0.2, 0.25) is 0 Å². The number of benzene rings is 1. The molecule has 0 unspecified atom stereocenters. The van der Waals surface area contributed by atoms with Gasteiger partial charge in [-0.25, -0.2) is 0 Å². The Balaban J connectivity index is 2.01. The summed E-state index contributed by atoms with van der Waals surface area (Å²) in [7, 11) is 0. The zero-order valence-corrected chi connectivity index (χ0v) is 9.21.